The summed E-state index contributed by atoms with van der Waals surface area (Å²) in [5.74, 6) is 5.16. The Labute approximate surface area is 121 Å². The summed E-state index contributed by atoms with van der Waals surface area (Å²) >= 11 is 0. The molecule has 2 saturated carbocycles. The Morgan fingerprint density at radius 1 is 0.842 bits per heavy atom. The Hall–Kier alpha value is 0. The van der Waals surface area contributed by atoms with E-state index in [1.165, 1.54) is 70.6 Å². The lowest BCUT2D eigenvalue weighted by molar-refractivity contribution is 0.177. The molecule has 0 saturated heterocycles. The molecule has 0 spiro atoms. The lowest BCUT2D eigenvalue weighted by atomic mass is 9.72. The molecule has 0 aromatic rings. The van der Waals surface area contributed by atoms with Gasteiger partial charge in [-0.3, -0.25) is 0 Å². The Morgan fingerprint density at radius 2 is 1.63 bits per heavy atom. The summed E-state index contributed by atoms with van der Waals surface area (Å²) in [6.07, 6.45) is 16.7. The first-order valence-electron chi connectivity index (χ1n) is 9.16. The fraction of sp³-hybridized carbons (Fsp3) is 1.00. The van der Waals surface area contributed by atoms with Crippen LogP contribution in [0.25, 0.3) is 0 Å². The average molecular weight is 264 g/mol. The van der Waals surface area contributed by atoms with Crippen LogP contribution in [0.4, 0.5) is 0 Å². The standard InChI is InChI=1S/C19H36/c1-15(2)18-10-6-8-17(12-14-18)7-4-5-9-19-13-11-16(19)3/h15-19H,4-14H2,1-3H3. The van der Waals surface area contributed by atoms with Crippen LogP contribution in [0.3, 0.4) is 0 Å². The maximum atomic E-state index is 2.45. The zero-order chi connectivity index (χ0) is 13.7. The molecule has 2 aliphatic rings. The molecule has 2 aliphatic carbocycles. The lowest BCUT2D eigenvalue weighted by Gasteiger charge is -2.34. The van der Waals surface area contributed by atoms with Gasteiger partial charge < -0.3 is 0 Å². The Kier molecular flexibility index (Phi) is 6.23. The molecule has 0 nitrogen and oxygen atoms in total. The second-order valence-electron chi connectivity index (χ2n) is 7.98. The van der Waals surface area contributed by atoms with Crippen molar-refractivity contribution in [2.75, 3.05) is 0 Å². The SMILES string of the molecule is CC(C)C1CCCC(CCCCC2CCC2C)CC1. The fourth-order valence-corrected chi connectivity index (χ4v) is 4.37. The molecule has 4 atom stereocenters. The van der Waals surface area contributed by atoms with E-state index in [-0.39, 0.29) is 0 Å². The van der Waals surface area contributed by atoms with E-state index in [4.69, 9.17) is 0 Å². The fourth-order valence-electron chi connectivity index (χ4n) is 4.37. The van der Waals surface area contributed by atoms with Gasteiger partial charge in [0.2, 0.25) is 0 Å². The van der Waals surface area contributed by atoms with Crippen LogP contribution in [0, 0.1) is 29.6 Å². The summed E-state index contributed by atoms with van der Waals surface area (Å²) in [7, 11) is 0. The summed E-state index contributed by atoms with van der Waals surface area (Å²) in [6, 6.07) is 0. The van der Waals surface area contributed by atoms with E-state index in [2.05, 4.69) is 20.8 Å². The highest BCUT2D eigenvalue weighted by atomic mass is 14.3. The van der Waals surface area contributed by atoms with Crippen molar-refractivity contribution in [2.24, 2.45) is 29.6 Å². The molecule has 0 aliphatic heterocycles. The largest absolute Gasteiger partial charge is 0.0625 e. The van der Waals surface area contributed by atoms with Crippen LogP contribution in [0.1, 0.15) is 91.4 Å². The molecule has 0 amide bonds. The van der Waals surface area contributed by atoms with Crippen LogP contribution in [0.15, 0.2) is 0 Å². The van der Waals surface area contributed by atoms with Gasteiger partial charge in [0.1, 0.15) is 0 Å². The first kappa shape index (κ1) is 15.4. The highest BCUT2D eigenvalue weighted by molar-refractivity contribution is 4.77. The van der Waals surface area contributed by atoms with E-state index in [9.17, 15) is 0 Å². The molecule has 0 radical (unpaired) electrons. The van der Waals surface area contributed by atoms with E-state index < -0.39 is 0 Å². The molecule has 0 bridgehead atoms. The number of unbranched alkanes of at least 4 members (excludes halogenated alkanes) is 1. The summed E-state index contributed by atoms with van der Waals surface area (Å²) in [5.41, 5.74) is 0. The minimum atomic E-state index is 0.916. The predicted molar refractivity (Wildman–Crippen MR) is 85.3 cm³/mol. The summed E-state index contributed by atoms with van der Waals surface area (Å²) in [5, 5.41) is 0. The Bertz CT molecular complexity index is 242. The van der Waals surface area contributed by atoms with Gasteiger partial charge in [-0.1, -0.05) is 78.6 Å². The van der Waals surface area contributed by atoms with Crippen molar-refractivity contribution in [1.82, 2.24) is 0 Å². The second kappa shape index (κ2) is 7.70. The monoisotopic (exact) mass is 264 g/mol. The maximum absolute atomic E-state index is 2.45. The van der Waals surface area contributed by atoms with Gasteiger partial charge in [0, 0.05) is 0 Å². The van der Waals surface area contributed by atoms with Gasteiger partial charge in [-0.25, -0.2) is 0 Å². The van der Waals surface area contributed by atoms with E-state index in [0.29, 0.717) is 0 Å². The van der Waals surface area contributed by atoms with Crippen molar-refractivity contribution in [3.63, 3.8) is 0 Å². The molecule has 19 heavy (non-hydrogen) atoms. The van der Waals surface area contributed by atoms with Gasteiger partial charge >= 0.3 is 0 Å². The highest BCUT2D eigenvalue weighted by Gasteiger charge is 2.26. The normalized spacial score (nSPS) is 36.0. The number of rotatable bonds is 6. The summed E-state index contributed by atoms with van der Waals surface area (Å²) in [6.45, 7) is 7.29. The van der Waals surface area contributed by atoms with Gasteiger partial charge in [-0.2, -0.15) is 0 Å². The van der Waals surface area contributed by atoms with Crippen LogP contribution in [0.2, 0.25) is 0 Å². The highest BCUT2D eigenvalue weighted by Crippen LogP contribution is 2.38. The quantitative estimate of drug-likeness (QED) is 0.382. The van der Waals surface area contributed by atoms with Crippen LogP contribution in [-0.2, 0) is 0 Å². The van der Waals surface area contributed by atoms with Gasteiger partial charge in [0.25, 0.3) is 0 Å². The Balaban J connectivity index is 1.55. The summed E-state index contributed by atoms with van der Waals surface area (Å²) < 4.78 is 0. The smallest absolute Gasteiger partial charge is 0.0388 e. The minimum absolute atomic E-state index is 0.916. The molecule has 0 heterocycles. The lowest BCUT2D eigenvalue weighted by Crippen LogP contribution is -2.22. The third kappa shape index (κ3) is 4.80. The zero-order valence-corrected chi connectivity index (χ0v) is 13.7. The first-order chi connectivity index (χ1) is 9.16. The van der Waals surface area contributed by atoms with Crippen molar-refractivity contribution >= 4 is 0 Å². The van der Waals surface area contributed by atoms with Gasteiger partial charge in [-0.15, -0.1) is 0 Å². The molecular weight excluding hydrogens is 228 g/mol. The van der Waals surface area contributed by atoms with E-state index in [0.717, 1.165) is 29.6 Å². The molecular formula is C19H36. The van der Waals surface area contributed by atoms with Gasteiger partial charge in [0.05, 0.1) is 0 Å². The van der Waals surface area contributed by atoms with Crippen LogP contribution >= 0.6 is 0 Å². The average Bonchev–Trinajstić information content (AvgIpc) is 2.62. The van der Waals surface area contributed by atoms with E-state index >= 15 is 0 Å². The summed E-state index contributed by atoms with van der Waals surface area (Å²) in [4.78, 5) is 0. The number of hydrogen-bond acceptors (Lipinski definition) is 0. The molecule has 112 valence electrons. The van der Waals surface area contributed by atoms with Crippen molar-refractivity contribution in [2.45, 2.75) is 91.4 Å². The van der Waals surface area contributed by atoms with Crippen molar-refractivity contribution in [3.05, 3.63) is 0 Å². The molecule has 4 unspecified atom stereocenters. The number of hydrogen-bond donors (Lipinski definition) is 0. The zero-order valence-electron chi connectivity index (χ0n) is 13.7. The van der Waals surface area contributed by atoms with E-state index in [1.54, 1.807) is 0 Å². The topological polar surface area (TPSA) is 0 Å². The predicted octanol–water partition coefficient (Wildman–Crippen LogP) is 6.45. The van der Waals surface area contributed by atoms with Crippen molar-refractivity contribution in [1.29, 1.82) is 0 Å². The minimum Gasteiger partial charge on any atom is -0.0625 e. The molecule has 0 N–H and O–H groups in total. The Morgan fingerprint density at radius 3 is 2.26 bits per heavy atom. The van der Waals surface area contributed by atoms with Gasteiger partial charge in [-0.05, 0) is 42.4 Å². The molecule has 2 fully saturated rings. The second-order valence-corrected chi connectivity index (χ2v) is 7.98. The van der Waals surface area contributed by atoms with Crippen LogP contribution in [-0.4, -0.2) is 0 Å². The molecule has 2 rings (SSSR count). The molecule has 0 aromatic carbocycles. The van der Waals surface area contributed by atoms with Crippen molar-refractivity contribution < 1.29 is 0 Å². The van der Waals surface area contributed by atoms with Gasteiger partial charge in [0.15, 0.2) is 0 Å². The van der Waals surface area contributed by atoms with Crippen molar-refractivity contribution in [3.8, 4) is 0 Å². The molecule has 0 heteroatoms. The third-order valence-corrected chi connectivity index (χ3v) is 6.31. The maximum Gasteiger partial charge on any atom is -0.0388 e. The molecule has 0 aromatic heterocycles. The van der Waals surface area contributed by atoms with Crippen LogP contribution in [0.5, 0.6) is 0 Å². The van der Waals surface area contributed by atoms with E-state index in [1.807, 2.05) is 0 Å². The first-order valence-corrected chi connectivity index (χ1v) is 9.16. The van der Waals surface area contributed by atoms with Crippen LogP contribution < -0.4 is 0 Å². The third-order valence-electron chi connectivity index (χ3n) is 6.31.